The van der Waals surface area contributed by atoms with E-state index in [2.05, 4.69) is 200 Å². The minimum Gasteiger partial charge on any atom is 0 e. The van der Waals surface area contributed by atoms with E-state index >= 15 is 0 Å². The van der Waals surface area contributed by atoms with E-state index in [1.54, 1.807) is 0 Å². The second kappa shape index (κ2) is 18.8. The first-order valence-corrected chi connectivity index (χ1v) is 32.0. The number of nitrogens with zero attached hydrogens (tertiary/aromatic N) is 3. The van der Waals surface area contributed by atoms with Crippen LogP contribution < -0.4 is 4.40 Å². The van der Waals surface area contributed by atoms with Gasteiger partial charge in [0.2, 0.25) is 0 Å². The minimum absolute atomic E-state index is 0. The molecule has 355 valence electrons. The average Bonchev–Trinajstić information content (AvgIpc) is 4.12. The van der Waals surface area contributed by atoms with Crippen LogP contribution in [0.3, 0.4) is 0 Å². The zero-order valence-electron chi connectivity index (χ0n) is 41.5. The Balaban J connectivity index is 0.000000282. The van der Waals surface area contributed by atoms with E-state index < -0.39 is 13.3 Å². The molecule has 72 heavy (non-hydrogen) atoms. The molecule has 0 aliphatic heterocycles. The molecule has 0 amide bonds. The Morgan fingerprint density at radius 1 is 0.542 bits per heavy atom. The Morgan fingerprint density at radius 2 is 1.22 bits per heavy atom. The maximum Gasteiger partial charge on any atom is 0 e. The quantitative estimate of drug-likeness (QED) is 0.0906. The third-order valence-electron chi connectivity index (χ3n) is 14.0. The fraction of sp³-hybridized carbons (Fsp3) is 0.138. The van der Waals surface area contributed by atoms with E-state index in [-0.39, 0.29) is 31.9 Å². The fourth-order valence-corrected chi connectivity index (χ4v) is 12.4. The van der Waals surface area contributed by atoms with Crippen molar-refractivity contribution in [2.45, 2.75) is 56.8 Å². The molecule has 4 aromatic heterocycles. The molecule has 7 heteroatoms. The third kappa shape index (κ3) is 8.35. The molecular weight excluding hydrogens is 1120 g/mol. The van der Waals surface area contributed by atoms with E-state index in [4.69, 9.17) is 13.8 Å². The molecule has 0 spiro atoms. The van der Waals surface area contributed by atoms with Crippen molar-refractivity contribution in [3.63, 3.8) is 0 Å². The summed E-state index contributed by atoms with van der Waals surface area (Å²) < 4.78 is 17.3. The van der Waals surface area contributed by atoms with Crippen LogP contribution in [0.4, 0.5) is 0 Å². The zero-order chi connectivity index (χ0) is 48.5. The van der Waals surface area contributed by atoms with Gasteiger partial charge in [-0.05, 0) is 92.4 Å². The van der Waals surface area contributed by atoms with Crippen molar-refractivity contribution in [2.75, 3.05) is 0 Å². The molecule has 9 aromatic carbocycles. The van der Waals surface area contributed by atoms with Crippen LogP contribution in [-0.2, 0) is 20.1 Å². The first-order chi connectivity index (χ1) is 34.5. The number of hydrogen-bond acceptors (Lipinski definition) is 4. The molecule has 0 atom stereocenters. The number of aromatic nitrogens is 3. The zero-order valence-corrected chi connectivity index (χ0v) is 46.0. The summed E-state index contributed by atoms with van der Waals surface area (Å²) in [6.45, 7) is 9.12. The van der Waals surface area contributed by atoms with Crippen LogP contribution in [0.2, 0.25) is 17.3 Å². The first-order valence-electron chi connectivity index (χ1n) is 24.7. The van der Waals surface area contributed by atoms with Crippen molar-refractivity contribution in [1.29, 1.82) is 0 Å². The van der Waals surface area contributed by atoms with Crippen molar-refractivity contribution in [1.82, 2.24) is 14.5 Å². The second-order valence-electron chi connectivity index (χ2n) is 20.4. The fourth-order valence-electron chi connectivity index (χ4n) is 10.3. The molecule has 0 fully saturated rings. The van der Waals surface area contributed by atoms with Gasteiger partial charge in [-0.25, -0.2) is 0 Å². The Morgan fingerprint density at radius 3 is 1.92 bits per heavy atom. The summed E-state index contributed by atoms with van der Waals surface area (Å²) >= 11 is -1.72. The average molecular weight is 1170 g/mol. The number of imidazole rings is 1. The van der Waals surface area contributed by atoms with Gasteiger partial charge in [0, 0.05) is 47.5 Å². The summed E-state index contributed by atoms with van der Waals surface area (Å²) in [4.78, 5) is 10.0. The molecule has 0 N–H and O–H groups in total. The number of furan rings is 2. The van der Waals surface area contributed by atoms with Crippen molar-refractivity contribution >= 4 is 93.9 Å². The van der Waals surface area contributed by atoms with Gasteiger partial charge in [0.15, 0.2) is 0 Å². The molecule has 13 aromatic rings. The van der Waals surface area contributed by atoms with Crippen LogP contribution in [0, 0.1) is 12.1 Å². The maximum absolute atomic E-state index is 6.93. The number of benzene rings is 9. The molecule has 0 aliphatic rings. The van der Waals surface area contributed by atoms with E-state index in [1.807, 2.05) is 48.7 Å². The minimum atomic E-state index is -1.72. The van der Waals surface area contributed by atoms with Crippen LogP contribution in [0.25, 0.3) is 116 Å². The number of hydrogen-bond donors (Lipinski definition) is 0. The van der Waals surface area contributed by atoms with Crippen molar-refractivity contribution in [3.8, 4) is 39.7 Å². The normalized spacial score (nSPS) is 12.0. The summed E-state index contributed by atoms with van der Waals surface area (Å²) in [5.74, 6) is 9.22. The van der Waals surface area contributed by atoms with Gasteiger partial charge in [-0.3, -0.25) is 4.98 Å². The van der Waals surface area contributed by atoms with Gasteiger partial charge in [-0.15, -0.1) is 18.2 Å². The van der Waals surface area contributed by atoms with Crippen LogP contribution in [-0.4, -0.2) is 27.8 Å². The second-order valence-corrected chi connectivity index (χ2v) is 31.1. The summed E-state index contributed by atoms with van der Waals surface area (Å²) in [5, 5.41) is 10.4. The molecular formula is C65H53GeIrN3O2-2. The smallest absolute Gasteiger partial charge is 0 e. The van der Waals surface area contributed by atoms with Crippen LogP contribution >= 0.6 is 0 Å². The third-order valence-corrected chi connectivity index (χ3v) is 18.3. The predicted octanol–water partition coefficient (Wildman–Crippen LogP) is 17.6. The Bertz CT molecular complexity index is 4100. The van der Waals surface area contributed by atoms with E-state index in [1.165, 1.54) is 42.5 Å². The van der Waals surface area contributed by atoms with E-state index in [0.29, 0.717) is 0 Å². The van der Waals surface area contributed by atoms with Gasteiger partial charge in [0.1, 0.15) is 16.9 Å². The standard InChI is InChI=1S/C51H37N2O2.C14H16GeN.Ir/c1-29(2)40-25-35(46-27-34-14-7-10-19-45(34)54-46)26-41(30(3)4)48(40)53-49-37-16-9-6-13-32(37)22-23-44(49)52-51(53)39-18-11-17-38-43-24-33-21-20-31-12-5-8-15-36(31)42(33)28-47(43)55-50(38)39;1-15(2,3)13-9-10-14(16-11-13)12-7-5-4-6-8-12;/h5-17,19-30H,1-4H3;4-7,9-11H,1-3H3;/q2*-1;. The van der Waals surface area contributed by atoms with Crippen molar-refractivity contribution in [3.05, 3.63) is 205 Å². The summed E-state index contributed by atoms with van der Waals surface area (Å²) in [6.07, 6.45) is 2.04. The molecule has 0 unspecified atom stereocenters. The van der Waals surface area contributed by atoms with Gasteiger partial charge in [0.25, 0.3) is 0 Å². The number of pyridine rings is 1. The Hall–Kier alpha value is -7.09. The molecule has 0 bridgehead atoms. The summed E-state index contributed by atoms with van der Waals surface area (Å²) in [7, 11) is 0. The molecule has 0 aliphatic carbocycles. The predicted molar refractivity (Wildman–Crippen MR) is 300 cm³/mol. The topological polar surface area (TPSA) is 57.0 Å². The van der Waals surface area contributed by atoms with Crippen LogP contribution in [0.15, 0.2) is 191 Å². The molecule has 13 rings (SSSR count). The molecule has 0 saturated carbocycles. The number of fused-ring (bicyclic) bond motifs is 10. The van der Waals surface area contributed by atoms with Crippen LogP contribution in [0.5, 0.6) is 0 Å². The molecule has 0 saturated heterocycles. The van der Waals surface area contributed by atoms with E-state index in [9.17, 15) is 0 Å². The monoisotopic (exact) mass is 1170 g/mol. The van der Waals surface area contributed by atoms with E-state index in [0.717, 1.165) is 89.0 Å². The summed E-state index contributed by atoms with van der Waals surface area (Å²) in [6, 6.07) is 68.7. The molecule has 4 heterocycles. The summed E-state index contributed by atoms with van der Waals surface area (Å²) in [5.41, 5.74) is 12.1. The Labute approximate surface area is 436 Å². The van der Waals surface area contributed by atoms with Crippen LogP contribution in [0.1, 0.15) is 50.7 Å². The van der Waals surface area contributed by atoms with Gasteiger partial charge < -0.3 is 13.4 Å². The maximum atomic E-state index is 6.93. The number of para-hydroxylation sites is 1. The van der Waals surface area contributed by atoms with Crippen molar-refractivity contribution < 1.29 is 28.9 Å². The number of rotatable bonds is 7. The Kier molecular flexibility index (Phi) is 12.4. The molecule has 5 nitrogen and oxygen atoms in total. The van der Waals surface area contributed by atoms with Gasteiger partial charge in [-0.2, -0.15) is 0 Å². The van der Waals surface area contributed by atoms with Gasteiger partial charge in [-0.1, -0.05) is 124 Å². The largest absolute Gasteiger partial charge is 0 e. The van der Waals surface area contributed by atoms with Gasteiger partial charge in [0.05, 0.1) is 22.4 Å². The van der Waals surface area contributed by atoms with Gasteiger partial charge >= 0.3 is 99.8 Å². The first kappa shape index (κ1) is 47.2. The van der Waals surface area contributed by atoms with Crippen molar-refractivity contribution in [2.24, 2.45) is 0 Å². The SMILES string of the molecule is CC(C)c1cc(-c2cc3ccccc3o2)cc(C(C)C)c1-n1c(-c2[c-]ccc3c2oc2cc4c(ccc5ccccc54)cc23)nc2ccc3ccccc3c21.[CH3][Ge]([CH3])([CH3])[c]1ccc(-c2[c-]cccc2)nc1.[Ir]. The molecule has 1 radical (unpaired) electrons.